The molecule has 1 aliphatic rings. The Hall–Kier alpha value is -0.280. The summed E-state index contributed by atoms with van der Waals surface area (Å²) in [5, 5.41) is 0. The van der Waals surface area contributed by atoms with Gasteiger partial charge in [0.05, 0.1) is 0 Å². The van der Waals surface area contributed by atoms with Crippen molar-refractivity contribution in [2.45, 2.75) is 51.6 Å². The number of hydrogen-bond acceptors (Lipinski definition) is 2. The number of hydrogen-bond donors (Lipinski definition) is 0. The summed E-state index contributed by atoms with van der Waals surface area (Å²) >= 11 is 5.61. The molecule has 0 N–H and O–H groups in total. The maximum Gasteiger partial charge on any atom is 0.222 e. The lowest BCUT2D eigenvalue weighted by Crippen LogP contribution is -2.47. The van der Waals surface area contributed by atoms with Crippen molar-refractivity contribution in [2.24, 2.45) is 0 Å². The highest BCUT2D eigenvalue weighted by molar-refractivity contribution is 6.17. The second-order valence-corrected chi connectivity index (χ2v) is 5.54. The van der Waals surface area contributed by atoms with E-state index < -0.39 is 0 Å². The minimum absolute atomic E-state index is 0.244. The van der Waals surface area contributed by atoms with Crippen LogP contribution in [-0.2, 0) is 4.79 Å². The summed E-state index contributed by atoms with van der Waals surface area (Å²) in [4.78, 5) is 16.3. The summed E-state index contributed by atoms with van der Waals surface area (Å²) in [5.74, 6) is 0.819. The number of rotatable bonds is 5. The van der Waals surface area contributed by atoms with Crippen molar-refractivity contribution in [3.63, 3.8) is 0 Å². The van der Waals surface area contributed by atoms with Crippen molar-refractivity contribution < 1.29 is 4.79 Å². The van der Waals surface area contributed by atoms with Crippen molar-refractivity contribution in [1.82, 2.24) is 9.80 Å². The maximum absolute atomic E-state index is 11.9. The Morgan fingerprint density at radius 2 is 2.00 bits per heavy atom. The molecule has 4 heteroatoms. The van der Waals surface area contributed by atoms with Gasteiger partial charge in [0, 0.05) is 44.5 Å². The monoisotopic (exact) mass is 260 g/mol. The van der Waals surface area contributed by atoms with Gasteiger partial charge in [-0.25, -0.2) is 0 Å². The smallest absolute Gasteiger partial charge is 0.222 e. The molecule has 1 saturated heterocycles. The normalized spacial score (nSPS) is 18.6. The molecule has 0 aromatic carbocycles. The van der Waals surface area contributed by atoms with Crippen LogP contribution < -0.4 is 0 Å². The van der Waals surface area contributed by atoms with E-state index in [1.807, 2.05) is 11.9 Å². The summed E-state index contributed by atoms with van der Waals surface area (Å²) in [6.45, 7) is 6.68. The van der Waals surface area contributed by atoms with Crippen LogP contribution in [0.5, 0.6) is 0 Å². The van der Waals surface area contributed by atoms with Crippen LogP contribution in [0.25, 0.3) is 0 Å². The molecule has 0 aromatic rings. The van der Waals surface area contributed by atoms with Gasteiger partial charge < -0.3 is 9.80 Å². The Labute approximate surface area is 110 Å². The lowest BCUT2D eigenvalue weighted by molar-refractivity contribution is -0.132. The fourth-order valence-electron chi connectivity index (χ4n) is 2.39. The molecule has 0 atom stereocenters. The molecule has 0 aromatic heterocycles. The van der Waals surface area contributed by atoms with Crippen LogP contribution in [0.4, 0.5) is 0 Å². The lowest BCUT2D eigenvalue weighted by atomic mass is 10.0. The largest absolute Gasteiger partial charge is 0.343 e. The van der Waals surface area contributed by atoms with E-state index >= 15 is 0 Å². The van der Waals surface area contributed by atoms with Gasteiger partial charge in [0.2, 0.25) is 5.91 Å². The Kier molecular flexibility index (Phi) is 6.28. The van der Waals surface area contributed by atoms with Crippen LogP contribution in [0.2, 0.25) is 0 Å². The molecule has 0 spiro atoms. The predicted octanol–water partition coefficient (Wildman–Crippen LogP) is 2.34. The zero-order valence-corrected chi connectivity index (χ0v) is 12.0. The first-order valence-corrected chi connectivity index (χ1v) is 7.15. The average Bonchev–Trinajstić information content (AvgIpc) is 2.35. The molecule has 100 valence electrons. The minimum Gasteiger partial charge on any atom is -0.343 e. The molecular weight excluding hydrogens is 236 g/mol. The van der Waals surface area contributed by atoms with E-state index in [1.165, 1.54) is 0 Å². The van der Waals surface area contributed by atoms with Crippen LogP contribution in [0.15, 0.2) is 0 Å². The third kappa shape index (κ3) is 4.47. The van der Waals surface area contributed by atoms with E-state index in [2.05, 4.69) is 18.7 Å². The van der Waals surface area contributed by atoms with Crippen LogP contribution >= 0.6 is 11.6 Å². The first-order valence-electron chi connectivity index (χ1n) is 6.62. The van der Waals surface area contributed by atoms with E-state index in [1.54, 1.807) is 0 Å². The Bertz CT molecular complexity index is 238. The number of alkyl halides is 1. The maximum atomic E-state index is 11.9. The first kappa shape index (κ1) is 14.8. The van der Waals surface area contributed by atoms with E-state index in [4.69, 9.17) is 11.6 Å². The van der Waals surface area contributed by atoms with Gasteiger partial charge in [-0.2, -0.15) is 0 Å². The van der Waals surface area contributed by atoms with Crippen LogP contribution in [0, 0.1) is 0 Å². The highest BCUT2D eigenvalue weighted by Crippen LogP contribution is 2.18. The van der Waals surface area contributed by atoms with Crippen molar-refractivity contribution in [3.05, 3.63) is 0 Å². The molecule has 0 bridgehead atoms. The van der Waals surface area contributed by atoms with E-state index in [0.29, 0.717) is 24.4 Å². The average molecular weight is 261 g/mol. The second kappa shape index (κ2) is 7.22. The zero-order valence-electron chi connectivity index (χ0n) is 11.3. The second-order valence-electron chi connectivity index (χ2n) is 5.16. The van der Waals surface area contributed by atoms with Gasteiger partial charge in [-0.15, -0.1) is 11.6 Å². The molecule has 1 fully saturated rings. The quantitative estimate of drug-likeness (QED) is 0.709. The van der Waals surface area contributed by atoms with Gasteiger partial charge in [-0.3, -0.25) is 4.79 Å². The molecule has 0 saturated carbocycles. The van der Waals surface area contributed by atoms with Crippen molar-refractivity contribution >= 4 is 17.5 Å². The highest BCUT2D eigenvalue weighted by Gasteiger charge is 2.25. The number of nitrogens with zero attached hydrogens (tertiary/aromatic N) is 2. The predicted molar refractivity (Wildman–Crippen MR) is 72.5 cm³/mol. The van der Waals surface area contributed by atoms with Crippen molar-refractivity contribution in [2.75, 3.05) is 26.0 Å². The summed E-state index contributed by atoms with van der Waals surface area (Å²) in [7, 11) is 1.94. The number of piperidine rings is 1. The Morgan fingerprint density at radius 3 is 2.47 bits per heavy atom. The van der Waals surface area contributed by atoms with Gasteiger partial charge in [0.1, 0.15) is 0 Å². The van der Waals surface area contributed by atoms with Crippen LogP contribution in [0.3, 0.4) is 0 Å². The molecule has 0 radical (unpaired) electrons. The van der Waals surface area contributed by atoms with E-state index in [0.717, 1.165) is 32.4 Å². The van der Waals surface area contributed by atoms with Gasteiger partial charge >= 0.3 is 0 Å². The van der Waals surface area contributed by atoms with Gasteiger partial charge in [-0.05, 0) is 33.1 Å². The first-order chi connectivity index (χ1) is 8.06. The zero-order chi connectivity index (χ0) is 12.8. The minimum atomic E-state index is 0.244. The molecule has 0 unspecified atom stereocenters. The lowest BCUT2D eigenvalue weighted by Gasteiger charge is -2.38. The Balaban J connectivity index is 2.35. The third-order valence-electron chi connectivity index (χ3n) is 3.69. The van der Waals surface area contributed by atoms with Gasteiger partial charge in [0.25, 0.3) is 0 Å². The summed E-state index contributed by atoms with van der Waals surface area (Å²) in [5.41, 5.74) is 0. The van der Waals surface area contributed by atoms with Crippen molar-refractivity contribution in [1.29, 1.82) is 0 Å². The fraction of sp³-hybridized carbons (Fsp3) is 0.923. The highest BCUT2D eigenvalue weighted by atomic mass is 35.5. The molecule has 1 rings (SSSR count). The van der Waals surface area contributed by atoms with Gasteiger partial charge in [-0.1, -0.05) is 0 Å². The SMILES string of the molecule is CC(C)N1CCC(N(C)C(=O)CCCCl)CC1. The molecular formula is C13H25ClN2O. The summed E-state index contributed by atoms with van der Waals surface area (Å²) in [6.07, 6.45) is 3.57. The summed E-state index contributed by atoms with van der Waals surface area (Å²) in [6, 6.07) is 1.04. The number of amides is 1. The molecule has 17 heavy (non-hydrogen) atoms. The number of likely N-dealkylation sites (tertiary alicyclic amines) is 1. The van der Waals surface area contributed by atoms with Crippen LogP contribution in [0.1, 0.15) is 39.5 Å². The number of carbonyl (C=O) groups is 1. The number of halogens is 1. The number of carbonyl (C=O) groups excluding carboxylic acids is 1. The van der Waals surface area contributed by atoms with E-state index in [9.17, 15) is 4.79 Å². The van der Waals surface area contributed by atoms with Crippen molar-refractivity contribution in [3.8, 4) is 0 Å². The Morgan fingerprint density at radius 1 is 1.41 bits per heavy atom. The summed E-state index contributed by atoms with van der Waals surface area (Å²) < 4.78 is 0. The topological polar surface area (TPSA) is 23.6 Å². The fourth-order valence-corrected chi connectivity index (χ4v) is 2.52. The van der Waals surface area contributed by atoms with Crippen LogP contribution in [-0.4, -0.2) is 53.8 Å². The molecule has 1 aliphatic heterocycles. The molecule has 1 heterocycles. The molecule has 1 amide bonds. The third-order valence-corrected chi connectivity index (χ3v) is 3.96. The molecule has 3 nitrogen and oxygen atoms in total. The van der Waals surface area contributed by atoms with Gasteiger partial charge in [0.15, 0.2) is 0 Å². The standard InChI is InChI=1S/C13H25ClN2O/c1-11(2)16-9-6-12(7-10-16)15(3)13(17)5-4-8-14/h11-12H,4-10H2,1-3H3. The van der Waals surface area contributed by atoms with E-state index in [-0.39, 0.29) is 5.91 Å². The molecule has 0 aliphatic carbocycles.